The van der Waals surface area contributed by atoms with E-state index in [1.807, 2.05) is 26.0 Å². The van der Waals surface area contributed by atoms with Gasteiger partial charge in [-0.2, -0.15) is 0 Å². The molecular formula is C21H32O6. The van der Waals surface area contributed by atoms with Gasteiger partial charge in [0.05, 0.1) is 38.6 Å². The second kappa shape index (κ2) is 7.62. The molecule has 6 N–H and O–H groups in total. The van der Waals surface area contributed by atoms with Gasteiger partial charge in [0.2, 0.25) is 0 Å². The average Bonchev–Trinajstić information content (AvgIpc) is 2.65. The zero-order valence-electron chi connectivity index (χ0n) is 16.5. The maximum absolute atomic E-state index is 10.5. The number of allylic oxidation sites excluding steroid dienone is 4. The van der Waals surface area contributed by atoms with E-state index in [1.165, 1.54) is 0 Å². The van der Waals surface area contributed by atoms with E-state index in [0.717, 1.165) is 11.1 Å². The highest BCUT2D eigenvalue weighted by atomic mass is 16.3. The Hall–Kier alpha value is -1.28. The molecule has 0 heterocycles. The Morgan fingerprint density at radius 2 is 1.11 bits per heavy atom. The molecule has 6 nitrogen and oxygen atoms in total. The summed E-state index contributed by atoms with van der Waals surface area (Å²) in [6.07, 6.45) is 5.12. The molecule has 27 heavy (non-hydrogen) atoms. The first-order valence-corrected chi connectivity index (χ1v) is 9.16. The Labute approximate surface area is 160 Å². The first-order valence-electron chi connectivity index (χ1n) is 9.16. The maximum atomic E-state index is 10.5. The number of aliphatic hydroxyl groups excluding tert-OH is 6. The molecule has 4 unspecified atom stereocenters. The van der Waals surface area contributed by atoms with Crippen LogP contribution in [0.3, 0.4) is 0 Å². The highest BCUT2D eigenvalue weighted by molar-refractivity contribution is 5.49. The van der Waals surface area contributed by atoms with E-state index in [4.69, 9.17) is 0 Å². The Morgan fingerprint density at radius 1 is 0.778 bits per heavy atom. The van der Waals surface area contributed by atoms with Gasteiger partial charge < -0.3 is 30.6 Å². The molecule has 0 spiro atoms. The van der Waals surface area contributed by atoms with Crippen molar-refractivity contribution in [2.24, 2.45) is 16.2 Å². The highest BCUT2D eigenvalue weighted by Crippen LogP contribution is 2.47. The molecule has 4 atom stereocenters. The Kier molecular flexibility index (Phi) is 6.21. The van der Waals surface area contributed by atoms with Crippen molar-refractivity contribution >= 4 is 0 Å². The summed E-state index contributed by atoms with van der Waals surface area (Å²) < 4.78 is 0. The highest BCUT2D eigenvalue weighted by Gasteiger charge is 2.42. The van der Waals surface area contributed by atoms with Gasteiger partial charge in [0.1, 0.15) is 0 Å². The van der Waals surface area contributed by atoms with Crippen molar-refractivity contribution in [2.75, 3.05) is 26.4 Å². The molecule has 2 rings (SSSR count). The smallest absolute Gasteiger partial charge is 0.0885 e. The van der Waals surface area contributed by atoms with Crippen LogP contribution >= 0.6 is 0 Å². The topological polar surface area (TPSA) is 121 Å². The Balaban J connectivity index is 2.60. The minimum Gasteiger partial charge on any atom is -0.395 e. The molecule has 0 aliphatic heterocycles. The summed E-state index contributed by atoms with van der Waals surface area (Å²) >= 11 is 0. The average molecular weight is 380 g/mol. The summed E-state index contributed by atoms with van der Waals surface area (Å²) in [7, 11) is 0. The molecule has 0 bridgehead atoms. The Bertz CT molecular complexity index is 643. The van der Waals surface area contributed by atoms with Gasteiger partial charge in [0.25, 0.3) is 0 Å². The van der Waals surface area contributed by atoms with E-state index in [0.29, 0.717) is 11.1 Å². The maximum Gasteiger partial charge on any atom is 0.0885 e. The number of hydrogen-bond donors (Lipinski definition) is 6. The summed E-state index contributed by atoms with van der Waals surface area (Å²) in [6.45, 7) is 6.13. The van der Waals surface area contributed by atoms with Crippen molar-refractivity contribution in [3.63, 3.8) is 0 Å². The van der Waals surface area contributed by atoms with Crippen LogP contribution in [0.15, 0.2) is 46.6 Å². The fraction of sp³-hybridized carbons (Fsp3) is 0.619. The van der Waals surface area contributed by atoms with Crippen molar-refractivity contribution in [3.8, 4) is 0 Å². The fourth-order valence-corrected chi connectivity index (χ4v) is 3.77. The lowest BCUT2D eigenvalue weighted by molar-refractivity contribution is 0.0401. The van der Waals surface area contributed by atoms with E-state index in [1.54, 1.807) is 26.0 Å². The van der Waals surface area contributed by atoms with Gasteiger partial charge in [-0.3, -0.25) is 0 Å². The molecule has 2 aliphatic rings. The summed E-state index contributed by atoms with van der Waals surface area (Å²) in [4.78, 5) is 0. The standard InChI is InChI=1S/C21H32O6/c1-19(2,15-5-13(9-22)17(26)20(3,7-15)11-24)16-6-14(10-23)18(27)21(4,8-16)12-25/h5-8,17-18,22-27H,9-12H2,1-4H3. The summed E-state index contributed by atoms with van der Waals surface area (Å²) in [5, 5.41) is 59.9. The third-order valence-electron chi connectivity index (χ3n) is 6.09. The van der Waals surface area contributed by atoms with Gasteiger partial charge in [-0.1, -0.05) is 52.0 Å². The van der Waals surface area contributed by atoms with Crippen molar-refractivity contribution in [3.05, 3.63) is 46.6 Å². The van der Waals surface area contributed by atoms with Crippen LogP contribution < -0.4 is 0 Å². The number of aliphatic hydroxyl groups is 6. The molecule has 2 aliphatic carbocycles. The SMILES string of the molecule is CC(C)(C1=CC(C)(CO)C(O)C(CO)=C1)C1=CC(C)(CO)C(O)C(CO)=C1. The molecule has 0 aromatic rings. The van der Waals surface area contributed by atoms with Crippen LogP contribution in [0, 0.1) is 16.2 Å². The first-order chi connectivity index (χ1) is 12.5. The van der Waals surface area contributed by atoms with E-state index in [-0.39, 0.29) is 26.4 Å². The van der Waals surface area contributed by atoms with Crippen LogP contribution in [0.1, 0.15) is 27.7 Å². The van der Waals surface area contributed by atoms with E-state index in [9.17, 15) is 30.6 Å². The fourth-order valence-electron chi connectivity index (χ4n) is 3.77. The number of hydrogen-bond acceptors (Lipinski definition) is 6. The van der Waals surface area contributed by atoms with Crippen molar-refractivity contribution in [2.45, 2.75) is 39.9 Å². The zero-order chi connectivity index (χ0) is 20.6. The van der Waals surface area contributed by atoms with Gasteiger partial charge in [-0.05, 0) is 22.3 Å². The van der Waals surface area contributed by atoms with Gasteiger partial charge in [0.15, 0.2) is 0 Å². The summed E-state index contributed by atoms with van der Waals surface area (Å²) in [5.41, 5.74) is -0.0476. The quantitative estimate of drug-likeness (QED) is 0.398. The molecule has 6 heteroatoms. The van der Waals surface area contributed by atoms with E-state index >= 15 is 0 Å². The lowest BCUT2D eigenvalue weighted by Crippen LogP contribution is -2.42. The summed E-state index contributed by atoms with van der Waals surface area (Å²) in [5.74, 6) is 0. The largest absolute Gasteiger partial charge is 0.395 e. The molecular weight excluding hydrogens is 348 g/mol. The molecule has 0 aromatic heterocycles. The van der Waals surface area contributed by atoms with Crippen LogP contribution in [0.2, 0.25) is 0 Å². The predicted molar refractivity (Wildman–Crippen MR) is 103 cm³/mol. The van der Waals surface area contributed by atoms with Crippen LogP contribution in [0.25, 0.3) is 0 Å². The minimum atomic E-state index is -0.986. The lowest BCUT2D eigenvalue weighted by Gasteiger charge is -2.42. The van der Waals surface area contributed by atoms with Crippen molar-refractivity contribution in [1.29, 1.82) is 0 Å². The normalized spacial score (nSPS) is 34.6. The molecule has 0 saturated heterocycles. The zero-order valence-corrected chi connectivity index (χ0v) is 16.5. The van der Waals surface area contributed by atoms with Gasteiger partial charge in [-0.25, -0.2) is 0 Å². The minimum absolute atomic E-state index is 0.283. The van der Waals surface area contributed by atoms with Crippen molar-refractivity contribution in [1.82, 2.24) is 0 Å². The molecule has 0 aromatic carbocycles. The van der Waals surface area contributed by atoms with E-state index < -0.39 is 28.5 Å². The first kappa shape index (κ1) is 22.0. The Morgan fingerprint density at radius 3 is 1.37 bits per heavy atom. The second-order valence-electron chi connectivity index (χ2n) is 8.71. The predicted octanol–water partition coefficient (Wildman–Crippen LogP) is 0.449. The van der Waals surface area contributed by atoms with Gasteiger partial charge in [0, 0.05) is 16.2 Å². The third kappa shape index (κ3) is 3.70. The number of rotatable bonds is 6. The molecule has 0 amide bonds. The van der Waals surface area contributed by atoms with Gasteiger partial charge >= 0.3 is 0 Å². The second-order valence-corrected chi connectivity index (χ2v) is 8.71. The lowest BCUT2D eigenvalue weighted by atomic mass is 9.64. The molecule has 0 radical (unpaired) electrons. The molecule has 0 saturated carbocycles. The van der Waals surface area contributed by atoms with Gasteiger partial charge in [-0.15, -0.1) is 0 Å². The van der Waals surface area contributed by atoms with E-state index in [2.05, 4.69) is 0 Å². The van der Waals surface area contributed by atoms with Crippen molar-refractivity contribution < 1.29 is 30.6 Å². The molecule has 0 fully saturated rings. The van der Waals surface area contributed by atoms with Crippen LogP contribution in [-0.2, 0) is 0 Å². The van der Waals surface area contributed by atoms with Crippen LogP contribution in [0.5, 0.6) is 0 Å². The summed E-state index contributed by atoms with van der Waals surface area (Å²) in [6, 6.07) is 0. The van der Waals surface area contributed by atoms with Crippen LogP contribution in [0.4, 0.5) is 0 Å². The van der Waals surface area contributed by atoms with Crippen LogP contribution in [-0.4, -0.2) is 69.3 Å². The molecule has 152 valence electrons. The monoisotopic (exact) mass is 380 g/mol. The third-order valence-corrected chi connectivity index (χ3v) is 6.09.